The van der Waals surface area contributed by atoms with E-state index in [9.17, 15) is 4.79 Å². The molecule has 0 aliphatic heterocycles. The van der Waals surface area contributed by atoms with E-state index in [1.54, 1.807) is 43.6 Å². The van der Waals surface area contributed by atoms with Crippen molar-refractivity contribution in [3.8, 4) is 11.4 Å². The van der Waals surface area contributed by atoms with Crippen molar-refractivity contribution in [2.24, 2.45) is 0 Å². The van der Waals surface area contributed by atoms with E-state index < -0.39 is 12.1 Å². The third kappa shape index (κ3) is 3.44. The van der Waals surface area contributed by atoms with Crippen molar-refractivity contribution in [2.75, 3.05) is 0 Å². The minimum atomic E-state index is -0.702. The number of aryl methyl sites for hydroxylation is 2. The van der Waals surface area contributed by atoms with E-state index in [0.29, 0.717) is 16.9 Å². The highest BCUT2D eigenvalue weighted by atomic mass is 16.6. The second-order valence-electron chi connectivity index (χ2n) is 6.34. The van der Waals surface area contributed by atoms with Crippen molar-refractivity contribution in [3.63, 3.8) is 0 Å². The minimum absolute atomic E-state index is 0.208. The van der Waals surface area contributed by atoms with Crippen LogP contribution in [-0.4, -0.2) is 31.1 Å². The van der Waals surface area contributed by atoms with Gasteiger partial charge in [0, 0.05) is 18.0 Å². The normalized spacial score (nSPS) is 12.1. The second kappa shape index (κ2) is 7.15. The average Bonchev–Trinajstić information content (AvgIpc) is 3.19. The summed E-state index contributed by atoms with van der Waals surface area (Å²) in [5.74, 6) is 0.0904. The van der Waals surface area contributed by atoms with Gasteiger partial charge < -0.3 is 9.26 Å². The molecule has 1 atom stereocenters. The van der Waals surface area contributed by atoms with Gasteiger partial charge in [-0.3, -0.25) is 4.98 Å². The van der Waals surface area contributed by atoms with Crippen LogP contribution >= 0.6 is 0 Å². The van der Waals surface area contributed by atoms with Crippen molar-refractivity contribution in [1.82, 2.24) is 25.1 Å². The first-order valence-electron chi connectivity index (χ1n) is 8.71. The number of rotatable bonds is 4. The summed E-state index contributed by atoms with van der Waals surface area (Å²) >= 11 is 0. The summed E-state index contributed by atoms with van der Waals surface area (Å²) in [6, 6.07) is 8.68. The highest BCUT2D eigenvalue weighted by Gasteiger charge is 2.20. The Morgan fingerprint density at radius 2 is 1.86 bits per heavy atom. The van der Waals surface area contributed by atoms with Crippen LogP contribution in [0.15, 0.2) is 47.2 Å². The largest absolute Gasteiger partial charge is 0.449 e. The number of nitrogens with zero attached hydrogens (tertiary/aromatic N) is 5. The first kappa shape index (κ1) is 17.7. The molecule has 8 heteroatoms. The number of carbonyl (C=O) groups is 1. The molecule has 140 valence electrons. The molecule has 0 fully saturated rings. The van der Waals surface area contributed by atoms with Gasteiger partial charge in [-0.15, -0.1) is 0 Å². The van der Waals surface area contributed by atoms with Crippen LogP contribution in [0.2, 0.25) is 0 Å². The van der Waals surface area contributed by atoms with Gasteiger partial charge in [0.15, 0.2) is 6.10 Å². The van der Waals surface area contributed by atoms with E-state index in [4.69, 9.17) is 9.26 Å². The van der Waals surface area contributed by atoms with Crippen LogP contribution in [0.4, 0.5) is 0 Å². The van der Waals surface area contributed by atoms with Crippen LogP contribution in [0.25, 0.3) is 22.4 Å². The maximum absolute atomic E-state index is 12.5. The average molecular weight is 375 g/mol. The number of benzene rings is 1. The third-order valence-corrected chi connectivity index (χ3v) is 4.30. The number of ether oxygens (including phenoxy) is 1. The van der Waals surface area contributed by atoms with E-state index in [1.807, 2.05) is 19.9 Å². The van der Waals surface area contributed by atoms with Gasteiger partial charge in [0.2, 0.25) is 5.82 Å². The number of hydrogen-bond donors (Lipinski definition) is 0. The molecule has 4 aromatic rings. The Balaban J connectivity index is 1.52. The van der Waals surface area contributed by atoms with Crippen molar-refractivity contribution >= 4 is 17.0 Å². The molecule has 0 radical (unpaired) electrons. The molecular weight excluding hydrogens is 358 g/mol. The molecule has 8 nitrogen and oxygen atoms in total. The van der Waals surface area contributed by atoms with Crippen LogP contribution in [0.5, 0.6) is 0 Å². The number of aromatic nitrogens is 5. The lowest BCUT2D eigenvalue weighted by atomic mass is 10.2. The predicted molar refractivity (Wildman–Crippen MR) is 100 cm³/mol. The molecule has 3 heterocycles. The summed E-state index contributed by atoms with van der Waals surface area (Å²) < 4.78 is 10.7. The van der Waals surface area contributed by atoms with Crippen molar-refractivity contribution in [1.29, 1.82) is 0 Å². The Morgan fingerprint density at radius 3 is 2.61 bits per heavy atom. The number of pyridine rings is 1. The smallest absolute Gasteiger partial charge is 0.338 e. The van der Waals surface area contributed by atoms with Gasteiger partial charge in [-0.25, -0.2) is 14.8 Å². The summed E-state index contributed by atoms with van der Waals surface area (Å²) in [6.45, 7) is 5.45. The summed E-state index contributed by atoms with van der Waals surface area (Å²) in [5, 5.41) is 3.91. The summed E-state index contributed by atoms with van der Waals surface area (Å²) in [6.07, 6.45) is 2.59. The highest BCUT2D eigenvalue weighted by Crippen LogP contribution is 2.22. The van der Waals surface area contributed by atoms with E-state index >= 15 is 0 Å². The Morgan fingerprint density at radius 1 is 1.07 bits per heavy atom. The van der Waals surface area contributed by atoms with Gasteiger partial charge in [0.05, 0.1) is 28.0 Å². The number of hydrogen-bond acceptors (Lipinski definition) is 8. The van der Waals surface area contributed by atoms with Crippen LogP contribution in [-0.2, 0) is 4.74 Å². The molecule has 0 bridgehead atoms. The Bertz CT molecular complexity index is 1160. The van der Waals surface area contributed by atoms with Gasteiger partial charge in [0.1, 0.15) is 0 Å². The second-order valence-corrected chi connectivity index (χ2v) is 6.34. The molecule has 0 saturated carbocycles. The first-order valence-corrected chi connectivity index (χ1v) is 8.71. The molecule has 1 aromatic carbocycles. The monoisotopic (exact) mass is 375 g/mol. The molecule has 0 amide bonds. The number of fused-ring (bicyclic) bond motifs is 1. The standard InChI is InChI=1S/C20H17N5O3/c1-11-12(2)23-17-9-14(6-7-16(17)22-11)20(26)27-13(3)19-24-18(25-28-19)15-5-4-8-21-10-15/h4-10,13H,1-3H3/t13-/m1/s1. The van der Waals surface area contributed by atoms with Crippen molar-refractivity contribution < 1.29 is 14.1 Å². The van der Waals surface area contributed by atoms with Gasteiger partial charge in [-0.1, -0.05) is 5.16 Å². The SMILES string of the molecule is Cc1nc2ccc(C(=O)O[C@H](C)c3nc(-c4cccnc4)no3)cc2nc1C. The van der Waals surface area contributed by atoms with Crippen LogP contribution in [0, 0.1) is 13.8 Å². The number of esters is 1. The van der Waals surface area contributed by atoms with Crippen molar-refractivity contribution in [2.45, 2.75) is 26.9 Å². The lowest BCUT2D eigenvalue weighted by molar-refractivity contribution is 0.0265. The number of carbonyl (C=O) groups excluding carboxylic acids is 1. The lowest BCUT2D eigenvalue weighted by Gasteiger charge is -2.10. The molecule has 28 heavy (non-hydrogen) atoms. The molecule has 0 aliphatic carbocycles. The zero-order valence-electron chi connectivity index (χ0n) is 15.6. The topological polar surface area (TPSA) is 104 Å². The molecular formula is C20H17N5O3. The minimum Gasteiger partial charge on any atom is -0.449 e. The van der Waals surface area contributed by atoms with Gasteiger partial charge in [0.25, 0.3) is 5.89 Å². The van der Waals surface area contributed by atoms with E-state index in [-0.39, 0.29) is 5.89 Å². The Kier molecular flexibility index (Phi) is 4.52. The quantitative estimate of drug-likeness (QED) is 0.498. The maximum atomic E-state index is 12.5. The van der Waals surface area contributed by atoms with Crippen molar-refractivity contribution in [3.05, 3.63) is 65.6 Å². The summed E-state index contributed by atoms with van der Waals surface area (Å²) in [7, 11) is 0. The molecule has 3 aromatic heterocycles. The van der Waals surface area contributed by atoms with Gasteiger partial charge >= 0.3 is 5.97 Å². The molecule has 0 aliphatic rings. The predicted octanol–water partition coefficient (Wildman–Crippen LogP) is 3.61. The van der Waals surface area contributed by atoms with Crippen LogP contribution in [0.1, 0.15) is 40.7 Å². The highest BCUT2D eigenvalue weighted by molar-refractivity contribution is 5.93. The molecule has 0 N–H and O–H groups in total. The van der Waals surface area contributed by atoms with Gasteiger partial charge in [-0.2, -0.15) is 4.98 Å². The Hall–Kier alpha value is -3.68. The lowest BCUT2D eigenvalue weighted by Crippen LogP contribution is -2.10. The fourth-order valence-electron chi connectivity index (χ4n) is 2.65. The summed E-state index contributed by atoms with van der Waals surface area (Å²) in [4.78, 5) is 29.8. The van der Waals surface area contributed by atoms with Crippen LogP contribution in [0.3, 0.4) is 0 Å². The summed E-state index contributed by atoms with van der Waals surface area (Å²) in [5.41, 5.74) is 4.14. The zero-order chi connectivity index (χ0) is 19.7. The van der Waals surface area contributed by atoms with E-state index in [1.165, 1.54) is 0 Å². The van der Waals surface area contributed by atoms with Gasteiger partial charge in [-0.05, 0) is 51.1 Å². The fraction of sp³-hybridized carbons (Fsp3) is 0.200. The van der Waals surface area contributed by atoms with Crippen LogP contribution < -0.4 is 0 Å². The Labute approximate surface area is 160 Å². The zero-order valence-corrected chi connectivity index (χ0v) is 15.6. The first-order chi connectivity index (χ1) is 13.5. The van der Waals surface area contributed by atoms with E-state index in [0.717, 1.165) is 22.5 Å². The third-order valence-electron chi connectivity index (χ3n) is 4.30. The maximum Gasteiger partial charge on any atom is 0.338 e. The fourth-order valence-corrected chi connectivity index (χ4v) is 2.65. The van der Waals surface area contributed by atoms with E-state index in [2.05, 4.69) is 25.1 Å². The molecule has 0 spiro atoms. The molecule has 0 saturated heterocycles. The molecule has 4 rings (SSSR count). The molecule has 0 unspecified atom stereocenters.